The Balaban J connectivity index is 1.67. The molecule has 2 heterocycles. The maximum absolute atomic E-state index is 12.1. The van der Waals surface area contributed by atoms with Crippen LogP contribution in [0.2, 0.25) is 0 Å². The van der Waals surface area contributed by atoms with Gasteiger partial charge in [-0.2, -0.15) is 0 Å². The van der Waals surface area contributed by atoms with Crippen LogP contribution in [0, 0.1) is 11.8 Å². The van der Waals surface area contributed by atoms with Crippen LogP contribution in [0.1, 0.15) is 24.6 Å². The molecule has 0 spiro atoms. The molecule has 1 fully saturated rings. The van der Waals surface area contributed by atoms with E-state index < -0.39 is 0 Å². The Morgan fingerprint density at radius 3 is 2.90 bits per heavy atom. The monoisotopic (exact) mass is 296 g/mol. The molecule has 1 unspecified atom stereocenters. The summed E-state index contributed by atoms with van der Waals surface area (Å²) in [6.07, 6.45) is 2.84. The first-order valence-corrected chi connectivity index (χ1v) is 8.23. The molecular formula is C15H24N2O2S. The zero-order valence-electron chi connectivity index (χ0n) is 12.0. The van der Waals surface area contributed by atoms with Gasteiger partial charge in [0.05, 0.1) is 0 Å². The van der Waals surface area contributed by atoms with Gasteiger partial charge in [-0.25, -0.2) is 4.79 Å². The number of carbonyl (C=O) groups excluding carboxylic acids is 1. The third kappa shape index (κ3) is 4.49. The third-order valence-electron chi connectivity index (χ3n) is 3.89. The fourth-order valence-electron chi connectivity index (χ4n) is 2.54. The first kappa shape index (κ1) is 15.3. The molecule has 0 bridgehead atoms. The molecule has 0 aromatic carbocycles. The Kier molecular flexibility index (Phi) is 5.86. The lowest BCUT2D eigenvalue weighted by atomic mass is 9.98. The van der Waals surface area contributed by atoms with E-state index in [-0.39, 0.29) is 12.6 Å². The zero-order valence-corrected chi connectivity index (χ0v) is 12.9. The van der Waals surface area contributed by atoms with E-state index in [0.29, 0.717) is 11.8 Å². The number of carbonyl (C=O) groups is 1. The van der Waals surface area contributed by atoms with Gasteiger partial charge in [0.2, 0.25) is 0 Å². The zero-order chi connectivity index (χ0) is 14.4. The lowest BCUT2D eigenvalue weighted by Crippen LogP contribution is -2.46. The van der Waals surface area contributed by atoms with Crippen LogP contribution in [-0.4, -0.2) is 42.3 Å². The number of aliphatic hydroxyl groups is 1. The predicted molar refractivity (Wildman–Crippen MR) is 82.0 cm³/mol. The van der Waals surface area contributed by atoms with Gasteiger partial charge < -0.3 is 15.3 Å². The van der Waals surface area contributed by atoms with Gasteiger partial charge in [0, 0.05) is 31.1 Å². The van der Waals surface area contributed by atoms with E-state index in [2.05, 4.69) is 29.8 Å². The molecule has 2 amide bonds. The number of nitrogens with zero attached hydrogens (tertiary/aromatic N) is 1. The molecule has 1 aromatic rings. The van der Waals surface area contributed by atoms with Crippen molar-refractivity contribution in [3.63, 3.8) is 0 Å². The molecule has 0 saturated carbocycles. The molecule has 5 heteroatoms. The second kappa shape index (κ2) is 7.64. The van der Waals surface area contributed by atoms with Crippen LogP contribution in [0.5, 0.6) is 0 Å². The summed E-state index contributed by atoms with van der Waals surface area (Å²) in [6, 6.07) is 4.25. The fourth-order valence-corrected chi connectivity index (χ4v) is 3.41. The van der Waals surface area contributed by atoms with E-state index in [1.807, 2.05) is 4.90 Å². The van der Waals surface area contributed by atoms with E-state index in [1.165, 1.54) is 4.88 Å². The molecule has 4 nitrogen and oxygen atoms in total. The Labute approximate surface area is 124 Å². The quantitative estimate of drug-likeness (QED) is 0.876. The van der Waals surface area contributed by atoms with Gasteiger partial charge in [-0.05, 0) is 42.5 Å². The lowest BCUT2D eigenvalue weighted by molar-refractivity contribution is 0.137. The van der Waals surface area contributed by atoms with Gasteiger partial charge in [-0.1, -0.05) is 13.0 Å². The lowest BCUT2D eigenvalue weighted by Gasteiger charge is -2.31. The Morgan fingerprint density at radius 1 is 1.55 bits per heavy atom. The van der Waals surface area contributed by atoms with Crippen LogP contribution in [0.3, 0.4) is 0 Å². The number of nitrogens with one attached hydrogen (secondary N) is 1. The number of urea groups is 1. The Bertz CT molecular complexity index is 400. The van der Waals surface area contributed by atoms with Crippen LogP contribution in [-0.2, 0) is 6.42 Å². The summed E-state index contributed by atoms with van der Waals surface area (Å²) in [5.74, 6) is 0.824. The standard InChI is InChI=1S/C15H24N2O2S/c1-12(9-14-3-2-8-20-14)10-16-15(19)17-6-4-13(11-18)5-7-17/h2-3,8,12-13,18H,4-7,9-11H2,1H3,(H,16,19). The van der Waals surface area contributed by atoms with Crippen molar-refractivity contribution < 1.29 is 9.90 Å². The number of likely N-dealkylation sites (tertiary alicyclic amines) is 1. The van der Waals surface area contributed by atoms with E-state index in [9.17, 15) is 4.79 Å². The smallest absolute Gasteiger partial charge is 0.317 e. The van der Waals surface area contributed by atoms with Crippen molar-refractivity contribution in [3.8, 4) is 0 Å². The molecule has 20 heavy (non-hydrogen) atoms. The van der Waals surface area contributed by atoms with Gasteiger partial charge in [0.15, 0.2) is 0 Å². The highest BCUT2D eigenvalue weighted by atomic mass is 32.1. The summed E-state index contributed by atoms with van der Waals surface area (Å²) >= 11 is 1.77. The number of hydrogen-bond donors (Lipinski definition) is 2. The summed E-state index contributed by atoms with van der Waals surface area (Å²) in [5.41, 5.74) is 0. The van der Waals surface area contributed by atoms with Crippen molar-refractivity contribution >= 4 is 17.4 Å². The summed E-state index contributed by atoms with van der Waals surface area (Å²) in [5, 5.41) is 14.2. The summed E-state index contributed by atoms with van der Waals surface area (Å²) in [7, 11) is 0. The van der Waals surface area contributed by atoms with Gasteiger partial charge in [-0.15, -0.1) is 11.3 Å². The highest BCUT2D eigenvalue weighted by Gasteiger charge is 2.22. The first-order chi connectivity index (χ1) is 9.69. The normalized spacial score (nSPS) is 18.0. The van der Waals surface area contributed by atoms with Gasteiger partial charge >= 0.3 is 6.03 Å². The van der Waals surface area contributed by atoms with E-state index in [4.69, 9.17) is 5.11 Å². The van der Waals surface area contributed by atoms with E-state index in [0.717, 1.165) is 38.9 Å². The van der Waals surface area contributed by atoms with Crippen LogP contribution in [0.4, 0.5) is 4.79 Å². The van der Waals surface area contributed by atoms with E-state index in [1.54, 1.807) is 11.3 Å². The minimum absolute atomic E-state index is 0.0411. The number of thiophene rings is 1. The average molecular weight is 296 g/mol. The molecule has 1 aromatic heterocycles. The second-order valence-electron chi connectivity index (χ2n) is 5.69. The van der Waals surface area contributed by atoms with Crippen LogP contribution >= 0.6 is 11.3 Å². The van der Waals surface area contributed by atoms with Crippen molar-refractivity contribution in [3.05, 3.63) is 22.4 Å². The molecule has 2 rings (SSSR count). The molecule has 1 atom stereocenters. The predicted octanol–water partition coefficient (Wildman–Crippen LogP) is 2.34. The highest BCUT2D eigenvalue weighted by Crippen LogP contribution is 2.17. The minimum Gasteiger partial charge on any atom is -0.396 e. The molecule has 1 aliphatic heterocycles. The van der Waals surface area contributed by atoms with Crippen molar-refractivity contribution in [1.29, 1.82) is 0 Å². The molecule has 2 N–H and O–H groups in total. The largest absolute Gasteiger partial charge is 0.396 e. The number of aliphatic hydroxyl groups excluding tert-OH is 1. The van der Waals surface area contributed by atoms with Crippen LogP contribution in [0.25, 0.3) is 0 Å². The van der Waals surface area contributed by atoms with Gasteiger partial charge in [-0.3, -0.25) is 0 Å². The summed E-state index contributed by atoms with van der Waals surface area (Å²) < 4.78 is 0. The maximum atomic E-state index is 12.1. The Morgan fingerprint density at radius 2 is 2.30 bits per heavy atom. The van der Waals surface area contributed by atoms with Crippen molar-refractivity contribution in [2.75, 3.05) is 26.2 Å². The fraction of sp³-hybridized carbons (Fsp3) is 0.667. The van der Waals surface area contributed by atoms with E-state index >= 15 is 0 Å². The molecule has 112 valence electrons. The summed E-state index contributed by atoms with van der Waals surface area (Å²) in [4.78, 5) is 15.3. The topological polar surface area (TPSA) is 52.6 Å². The van der Waals surface area contributed by atoms with Crippen LogP contribution in [0.15, 0.2) is 17.5 Å². The van der Waals surface area contributed by atoms with Crippen LogP contribution < -0.4 is 5.32 Å². The minimum atomic E-state index is 0.0411. The molecular weight excluding hydrogens is 272 g/mol. The maximum Gasteiger partial charge on any atom is 0.317 e. The van der Waals surface area contributed by atoms with Gasteiger partial charge in [0.1, 0.15) is 0 Å². The molecule has 0 aliphatic carbocycles. The van der Waals surface area contributed by atoms with Crippen molar-refractivity contribution in [1.82, 2.24) is 10.2 Å². The average Bonchev–Trinajstić information content (AvgIpc) is 2.97. The third-order valence-corrected chi connectivity index (χ3v) is 4.79. The van der Waals surface area contributed by atoms with Crippen molar-refractivity contribution in [2.24, 2.45) is 11.8 Å². The highest BCUT2D eigenvalue weighted by molar-refractivity contribution is 7.09. The second-order valence-corrected chi connectivity index (χ2v) is 6.72. The number of amides is 2. The summed E-state index contributed by atoms with van der Waals surface area (Å²) in [6.45, 7) is 4.65. The molecule has 0 radical (unpaired) electrons. The first-order valence-electron chi connectivity index (χ1n) is 7.35. The van der Waals surface area contributed by atoms with Gasteiger partial charge in [0.25, 0.3) is 0 Å². The number of hydrogen-bond acceptors (Lipinski definition) is 3. The van der Waals surface area contributed by atoms with Crippen molar-refractivity contribution in [2.45, 2.75) is 26.2 Å². The SMILES string of the molecule is CC(CNC(=O)N1CCC(CO)CC1)Cc1cccs1. The number of piperidine rings is 1. The molecule has 1 aliphatic rings. The Hall–Kier alpha value is -1.07. The number of rotatable bonds is 5. The molecule has 1 saturated heterocycles.